The molecule has 0 aromatic heterocycles. The van der Waals surface area contributed by atoms with Crippen molar-refractivity contribution < 1.29 is 4.74 Å². The van der Waals surface area contributed by atoms with Crippen molar-refractivity contribution in [2.45, 2.75) is 12.3 Å². The highest BCUT2D eigenvalue weighted by Gasteiger charge is 2.31. The Labute approximate surface area is 171 Å². The first-order valence-electron chi connectivity index (χ1n) is 9.97. The minimum absolute atomic E-state index is 0.0598. The zero-order chi connectivity index (χ0) is 19.8. The van der Waals surface area contributed by atoms with Gasteiger partial charge in [0.1, 0.15) is 5.75 Å². The Morgan fingerprint density at radius 3 is 2.21 bits per heavy atom. The van der Waals surface area contributed by atoms with Crippen LogP contribution in [0.1, 0.15) is 29.0 Å². The average molecular weight is 380 g/mol. The fourth-order valence-corrected chi connectivity index (χ4v) is 4.09. The number of hydrogen-bond acceptors (Lipinski definition) is 3. The van der Waals surface area contributed by atoms with Gasteiger partial charge in [-0.1, -0.05) is 72.8 Å². The van der Waals surface area contributed by atoms with Crippen LogP contribution in [0.2, 0.25) is 0 Å². The van der Waals surface area contributed by atoms with Gasteiger partial charge in [0, 0.05) is 30.9 Å². The van der Waals surface area contributed by atoms with Crippen LogP contribution in [0.15, 0.2) is 91.0 Å². The van der Waals surface area contributed by atoms with E-state index in [4.69, 9.17) is 4.74 Å². The topological polar surface area (TPSA) is 24.5 Å². The largest absolute Gasteiger partial charge is 0.471 e. The van der Waals surface area contributed by atoms with Gasteiger partial charge in [-0.2, -0.15) is 0 Å². The maximum absolute atomic E-state index is 6.45. The number of nitrogens with zero attached hydrogens (tertiary/aromatic N) is 1. The first-order valence-corrected chi connectivity index (χ1v) is 9.97. The third kappa shape index (κ3) is 3.24. The number of ether oxygens (including phenoxy) is 1. The summed E-state index contributed by atoms with van der Waals surface area (Å²) in [6.45, 7) is 0. The van der Waals surface area contributed by atoms with Crippen LogP contribution in [0.4, 0.5) is 5.69 Å². The van der Waals surface area contributed by atoms with E-state index in [-0.39, 0.29) is 12.3 Å². The normalized spacial score (nSPS) is 18.1. The summed E-state index contributed by atoms with van der Waals surface area (Å²) < 4.78 is 6.45. The molecule has 1 aliphatic rings. The van der Waals surface area contributed by atoms with Gasteiger partial charge in [0.25, 0.3) is 0 Å². The number of benzene rings is 4. The molecule has 0 saturated carbocycles. The van der Waals surface area contributed by atoms with Gasteiger partial charge in [0.2, 0.25) is 0 Å². The quantitative estimate of drug-likeness (QED) is 0.495. The van der Waals surface area contributed by atoms with E-state index in [1.807, 2.05) is 0 Å². The third-order valence-corrected chi connectivity index (χ3v) is 5.63. The summed E-state index contributed by atoms with van der Waals surface area (Å²) in [4.78, 5) is 2.10. The molecular weight excluding hydrogens is 356 g/mol. The van der Waals surface area contributed by atoms with Gasteiger partial charge in [-0.05, 0) is 34.5 Å². The summed E-state index contributed by atoms with van der Waals surface area (Å²) in [5.74, 6) is 0.943. The highest BCUT2D eigenvalue weighted by molar-refractivity contribution is 5.89. The van der Waals surface area contributed by atoms with E-state index in [1.54, 1.807) is 0 Å². The minimum atomic E-state index is -0.204. The number of fused-ring (bicyclic) bond motifs is 3. The fraction of sp³-hybridized carbons (Fsp3) is 0.154. The van der Waals surface area contributed by atoms with Crippen LogP contribution >= 0.6 is 0 Å². The molecule has 0 amide bonds. The van der Waals surface area contributed by atoms with Crippen LogP contribution in [0.5, 0.6) is 5.75 Å². The minimum Gasteiger partial charge on any atom is -0.471 e. The summed E-state index contributed by atoms with van der Waals surface area (Å²) in [7, 11) is 4.11. The third-order valence-electron chi connectivity index (χ3n) is 5.63. The lowest BCUT2D eigenvalue weighted by Crippen LogP contribution is -2.35. The number of nitrogens with one attached hydrogen (secondary N) is 1. The van der Waals surface area contributed by atoms with E-state index in [9.17, 15) is 0 Å². The summed E-state index contributed by atoms with van der Waals surface area (Å²) in [6, 6.07) is 32.0. The first-order chi connectivity index (χ1) is 14.2. The molecule has 1 N–H and O–H groups in total. The lowest BCUT2D eigenvalue weighted by molar-refractivity contribution is 0.134. The molecule has 4 aromatic carbocycles. The number of hydrogen-bond donors (Lipinski definition) is 1. The molecule has 4 aromatic rings. The molecule has 0 bridgehead atoms. The van der Waals surface area contributed by atoms with Gasteiger partial charge in [0.15, 0.2) is 6.23 Å². The molecular formula is C26H24N2O. The smallest absolute Gasteiger partial charge is 0.177 e. The lowest BCUT2D eigenvalue weighted by Gasteiger charge is -2.35. The SMILES string of the molecule is CN(C)c1ccc([C@@H]2N[C@@H](c3ccccc3)c3c(ccc4ccccc34)O2)cc1. The lowest BCUT2D eigenvalue weighted by atomic mass is 9.91. The van der Waals surface area contributed by atoms with E-state index < -0.39 is 0 Å². The summed E-state index contributed by atoms with van der Waals surface area (Å²) in [5, 5.41) is 6.20. The van der Waals surface area contributed by atoms with Crippen LogP contribution in [-0.2, 0) is 0 Å². The van der Waals surface area contributed by atoms with Gasteiger partial charge >= 0.3 is 0 Å². The van der Waals surface area contributed by atoms with Crippen molar-refractivity contribution in [2.24, 2.45) is 0 Å². The standard InChI is InChI=1S/C26H24N2O/c1-28(2)21-15-12-20(13-16-21)26-27-25(19-9-4-3-5-10-19)24-22-11-7-6-8-18(22)14-17-23(24)29-26/h3-17,25-27H,1-2H3/t25-,26+/m0/s1. The van der Waals surface area contributed by atoms with Gasteiger partial charge < -0.3 is 9.64 Å². The molecule has 144 valence electrons. The van der Waals surface area contributed by atoms with Crippen LogP contribution in [0, 0.1) is 0 Å². The van der Waals surface area contributed by atoms with Crippen LogP contribution in [0.25, 0.3) is 10.8 Å². The first kappa shape index (κ1) is 17.8. The Kier molecular flexibility index (Phi) is 4.45. The molecule has 0 spiro atoms. The van der Waals surface area contributed by atoms with Crippen molar-refractivity contribution in [3.05, 3.63) is 108 Å². The van der Waals surface area contributed by atoms with E-state index in [1.165, 1.54) is 27.6 Å². The van der Waals surface area contributed by atoms with E-state index in [0.29, 0.717) is 0 Å². The van der Waals surface area contributed by atoms with E-state index in [0.717, 1.165) is 11.3 Å². The molecule has 3 heteroatoms. The molecule has 1 heterocycles. The van der Waals surface area contributed by atoms with Crippen molar-refractivity contribution in [1.82, 2.24) is 5.32 Å². The number of anilines is 1. The zero-order valence-electron chi connectivity index (χ0n) is 16.7. The van der Waals surface area contributed by atoms with Crippen LogP contribution in [0.3, 0.4) is 0 Å². The second-order valence-corrected chi connectivity index (χ2v) is 7.69. The summed E-state index contributed by atoms with van der Waals surface area (Å²) in [6.07, 6.45) is -0.204. The Balaban J connectivity index is 1.62. The molecule has 29 heavy (non-hydrogen) atoms. The second-order valence-electron chi connectivity index (χ2n) is 7.69. The molecule has 0 aliphatic carbocycles. The molecule has 0 radical (unpaired) electrons. The monoisotopic (exact) mass is 380 g/mol. The average Bonchev–Trinajstić information content (AvgIpc) is 2.78. The van der Waals surface area contributed by atoms with Crippen molar-refractivity contribution in [3.8, 4) is 5.75 Å². The fourth-order valence-electron chi connectivity index (χ4n) is 4.09. The molecule has 0 fully saturated rings. The van der Waals surface area contributed by atoms with Gasteiger partial charge in [-0.3, -0.25) is 5.32 Å². The van der Waals surface area contributed by atoms with Crippen LogP contribution in [-0.4, -0.2) is 14.1 Å². The molecule has 3 nitrogen and oxygen atoms in total. The Hall–Kier alpha value is -3.30. The molecule has 2 atom stereocenters. The predicted octanol–water partition coefficient (Wildman–Crippen LogP) is 5.68. The van der Waals surface area contributed by atoms with Crippen molar-refractivity contribution in [2.75, 3.05) is 19.0 Å². The molecule has 1 aliphatic heterocycles. The summed E-state index contributed by atoms with van der Waals surface area (Å²) in [5.41, 5.74) is 4.74. The Morgan fingerprint density at radius 1 is 0.724 bits per heavy atom. The van der Waals surface area contributed by atoms with Crippen LogP contribution < -0.4 is 15.0 Å². The highest BCUT2D eigenvalue weighted by Crippen LogP contribution is 2.42. The van der Waals surface area contributed by atoms with Gasteiger partial charge in [0.05, 0.1) is 6.04 Å². The maximum Gasteiger partial charge on any atom is 0.177 e. The molecule has 5 rings (SSSR count). The Morgan fingerprint density at radius 2 is 1.45 bits per heavy atom. The van der Waals surface area contributed by atoms with Crippen molar-refractivity contribution >= 4 is 16.5 Å². The second kappa shape index (κ2) is 7.26. The highest BCUT2D eigenvalue weighted by atomic mass is 16.5. The zero-order valence-corrected chi connectivity index (χ0v) is 16.7. The van der Waals surface area contributed by atoms with Gasteiger partial charge in [-0.25, -0.2) is 0 Å². The van der Waals surface area contributed by atoms with Gasteiger partial charge in [-0.15, -0.1) is 0 Å². The maximum atomic E-state index is 6.45. The number of rotatable bonds is 3. The molecule has 0 unspecified atom stereocenters. The van der Waals surface area contributed by atoms with Crippen molar-refractivity contribution in [3.63, 3.8) is 0 Å². The molecule has 0 saturated heterocycles. The predicted molar refractivity (Wildman–Crippen MR) is 120 cm³/mol. The van der Waals surface area contributed by atoms with E-state index >= 15 is 0 Å². The van der Waals surface area contributed by atoms with Crippen molar-refractivity contribution in [1.29, 1.82) is 0 Å². The Bertz CT molecular complexity index is 1140. The van der Waals surface area contributed by atoms with E-state index in [2.05, 4.69) is 115 Å². The summed E-state index contributed by atoms with van der Waals surface area (Å²) >= 11 is 0.